The van der Waals surface area contributed by atoms with E-state index in [1.807, 2.05) is 13.8 Å². The zero-order chi connectivity index (χ0) is 11.4. The van der Waals surface area contributed by atoms with Crippen LogP contribution in [-0.4, -0.2) is 41.0 Å². The molecule has 5 nitrogen and oxygen atoms in total. The van der Waals surface area contributed by atoms with Crippen molar-refractivity contribution in [2.24, 2.45) is 5.73 Å². The van der Waals surface area contributed by atoms with Crippen LogP contribution in [0.4, 0.5) is 0 Å². The van der Waals surface area contributed by atoms with Crippen molar-refractivity contribution in [2.75, 3.05) is 13.6 Å². The molecule has 0 unspecified atom stereocenters. The number of nitrogens with zero attached hydrogens (tertiary/aromatic N) is 1. The highest BCUT2D eigenvalue weighted by Gasteiger charge is 2.32. The molecule has 0 aromatic carbocycles. The van der Waals surface area contributed by atoms with E-state index in [4.69, 9.17) is 10.8 Å². The third-order valence-corrected chi connectivity index (χ3v) is 2.41. The van der Waals surface area contributed by atoms with Crippen LogP contribution in [0.15, 0.2) is 0 Å². The average Bonchev–Trinajstić information content (AvgIpc) is 2.14. The van der Waals surface area contributed by atoms with Gasteiger partial charge in [0.1, 0.15) is 6.54 Å². The molecule has 0 atom stereocenters. The molecule has 0 saturated heterocycles. The summed E-state index contributed by atoms with van der Waals surface area (Å²) in [6.07, 6.45) is 1.01. The molecule has 82 valence electrons. The van der Waals surface area contributed by atoms with Crippen LogP contribution in [0.1, 0.15) is 26.7 Å². The highest BCUT2D eigenvalue weighted by atomic mass is 16.4. The lowest BCUT2D eigenvalue weighted by Crippen LogP contribution is -2.54. The minimum Gasteiger partial charge on any atom is -0.480 e. The number of carboxylic acids is 1. The van der Waals surface area contributed by atoms with Crippen LogP contribution < -0.4 is 5.73 Å². The van der Waals surface area contributed by atoms with Crippen molar-refractivity contribution in [2.45, 2.75) is 32.2 Å². The van der Waals surface area contributed by atoms with Gasteiger partial charge in [0.15, 0.2) is 0 Å². The smallest absolute Gasteiger partial charge is 0.323 e. The van der Waals surface area contributed by atoms with Gasteiger partial charge in [0.25, 0.3) is 0 Å². The molecule has 0 aliphatic carbocycles. The van der Waals surface area contributed by atoms with Gasteiger partial charge in [-0.25, -0.2) is 0 Å². The van der Waals surface area contributed by atoms with Crippen LogP contribution >= 0.6 is 0 Å². The van der Waals surface area contributed by atoms with Gasteiger partial charge < -0.3 is 15.7 Å². The summed E-state index contributed by atoms with van der Waals surface area (Å²) < 4.78 is 0. The number of amides is 1. The summed E-state index contributed by atoms with van der Waals surface area (Å²) in [4.78, 5) is 23.2. The molecule has 0 aromatic rings. The Morgan fingerprint density at radius 2 is 1.79 bits per heavy atom. The molecule has 3 N–H and O–H groups in total. The molecule has 0 saturated carbocycles. The monoisotopic (exact) mass is 202 g/mol. The van der Waals surface area contributed by atoms with Crippen molar-refractivity contribution in [3.05, 3.63) is 0 Å². The maximum absolute atomic E-state index is 11.7. The molecule has 0 heterocycles. The SMILES string of the molecule is CCC(N)(CC)C(=O)N(C)CC(=O)O. The van der Waals surface area contributed by atoms with Crippen molar-refractivity contribution in [3.63, 3.8) is 0 Å². The van der Waals surface area contributed by atoms with E-state index in [-0.39, 0.29) is 12.5 Å². The number of hydrogen-bond donors (Lipinski definition) is 2. The van der Waals surface area contributed by atoms with Crippen molar-refractivity contribution in [1.29, 1.82) is 0 Å². The van der Waals surface area contributed by atoms with Gasteiger partial charge in [-0.15, -0.1) is 0 Å². The van der Waals surface area contributed by atoms with Gasteiger partial charge in [0.05, 0.1) is 5.54 Å². The maximum Gasteiger partial charge on any atom is 0.323 e. The van der Waals surface area contributed by atoms with Crippen LogP contribution in [0, 0.1) is 0 Å². The molecule has 1 amide bonds. The standard InChI is InChI=1S/C9H18N2O3/c1-4-9(10,5-2)8(14)11(3)6-7(12)13/h4-6,10H2,1-3H3,(H,12,13). The van der Waals surface area contributed by atoms with E-state index >= 15 is 0 Å². The first-order chi connectivity index (χ1) is 6.37. The van der Waals surface area contributed by atoms with Crippen LogP contribution in [-0.2, 0) is 9.59 Å². The number of carboxylic acid groups (broad SMARTS) is 1. The second-order valence-corrected chi connectivity index (χ2v) is 3.42. The zero-order valence-electron chi connectivity index (χ0n) is 8.91. The van der Waals surface area contributed by atoms with Gasteiger partial charge in [-0.05, 0) is 12.8 Å². The average molecular weight is 202 g/mol. The minimum atomic E-state index is -1.03. The van der Waals surface area contributed by atoms with Gasteiger partial charge in [-0.1, -0.05) is 13.8 Å². The molecule has 0 aromatic heterocycles. The van der Waals surface area contributed by atoms with E-state index in [1.165, 1.54) is 7.05 Å². The van der Waals surface area contributed by atoms with Crippen molar-refractivity contribution >= 4 is 11.9 Å². The Kier molecular flexibility index (Phi) is 4.56. The molecule has 0 radical (unpaired) electrons. The van der Waals surface area contributed by atoms with E-state index in [1.54, 1.807) is 0 Å². The number of likely N-dealkylation sites (N-methyl/N-ethyl adjacent to an activating group) is 1. The number of carbonyl (C=O) groups is 2. The summed E-state index contributed by atoms with van der Waals surface area (Å²) in [5.74, 6) is -1.35. The Morgan fingerprint density at radius 1 is 1.36 bits per heavy atom. The fraction of sp³-hybridized carbons (Fsp3) is 0.778. The molecule has 0 aliphatic heterocycles. The molecule has 0 aliphatic rings. The summed E-state index contributed by atoms with van der Waals surface area (Å²) in [6.45, 7) is 3.32. The topological polar surface area (TPSA) is 83.6 Å². The van der Waals surface area contributed by atoms with Crippen LogP contribution in [0.2, 0.25) is 0 Å². The van der Waals surface area contributed by atoms with E-state index in [2.05, 4.69) is 0 Å². The van der Waals surface area contributed by atoms with Gasteiger partial charge in [-0.2, -0.15) is 0 Å². The lowest BCUT2D eigenvalue weighted by Gasteiger charge is -2.29. The number of hydrogen-bond acceptors (Lipinski definition) is 3. The Balaban J connectivity index is 4.50. The van der Waals surface area contributed by atoms with Crippen molar-refractivity contribution in [3.8, 4) is 0 Å². The molecule has 0 rings (SSSR count). The maximum atomic E-state index is 11.7. The molecule has 5 heteroatoms. The number of rotatable bonds is 5. The van der Waals surface area contributed by atoms with Crippen LogP contribution in [0.3, 0.4) is 0 Å². The van der Waals surface area contributed by atoms with E-state index in [0.29, 0.717) is 12.8 Å². The third-order valence-electron chi connectivity index (χ3n) is 2.41. The van der Waals surface area contributed by atoms with E-state index < -0.39 is 11.5 Å². The molecule has 14 heavy (non-hydrogen) atoms. The quantitative estimate of drug-likeness (QED) is 0.659. The molecule has 0 spiro atoms. The van der Waals surface area contributed by atoms with Crippen molar-refractivity contribution in [1.82, 2.24) is 4.90 Å². The zero-order valence-corrected chi connectivity index (χ0v) is 8.91. The number of carbonyl (C=O) groups excluding carboxylic acids is 1. The molecular formula is C9H18N2O3. The summed E-state index contributed by atoms with van der Waals surface area (Å²) in [6, 6.07) is 0. The summed E-state index contributed by atoms with van der Waals surface area (Å²) in [5, 5.41) is 8.51. The summed E-state index contributed by atoms with van der Waals surface area (Å²) in [7, 11) is 1.45. The number of aliphatic carboxylic acids is 1. The highest BCUT2D eigenvalue weighted by molar-refractivity contribution is 5.88. The number of nitrogens with two attached hydrogens (primary N) is 1. The van der Waals surface area contributed by atoms with Gasteiger partial charge in [-0.3, -0.25) is 9.59 Å². The lowest BCUT2D eigenvalue weighted by molar-refractivity contribution is -0.145. The fourth-order valence-electron chi connectivity index (χ4n) is 1.21. The minimum absolute atomic E-state index is 0.308. The van der Waals surface area contributed by atoms with Crippen molar-refractivity contribution < 1.29 is 14.7 Å². The largest absolute Gasteiger partial charge is 0.480 e. The van der Waals surface area contributed by atoms with Gasteiger partial charge in [0.2, 0.25) is 5.91 Å². The van der Waals surface area contributed by atoms with E-state index in [9.17, 15) is 9.59 Å². The first kappa shape index (κ1) is 12.9. The lowest BCUT2D eigenvalue weighted by atomic mass is 9.92. The molecule has 0 bridgehead atoms. The Bertz CT molecular complexity index is 224. The highest BCUT2D eigenvalue weighted by Crippen LogP contribution is 2.14. The first-order valence-corrected chi connectivity index (χ1v) is 4.63. The first-order valence-electron chi connectivity index (χ1n) is 4.63. The predicted molar refractivity (Wildman–Crippen MR) is 52.8 cm³/mol. The second kappa shape index (κ2) is 4.95. The summed E-state index contributed by atoms with van der Waals surface area (Å²) in [5.41, 5.74) is 4.91. The summed E-state index contributed by atoms with van der Waals surface area (Å²) >= 11 is 0. The Morgan fingerprint density at radius 3 is 2.07 bits per heavy atom. The van der Waals surface area contributed by atoms with Crippen LogP contribution in [0.25, 0.3) is 0 Å². The predicted octanol–water partition coefficient (Wildman–Crippen LogP) is 0.0469. The normalized spacial score (nSPS) is 11.1. The van der Waals surface area contributed by atoms with Crippen LogP contribution in [0.5, 0.6) is 0 Å². The molecule has 0 fully saturated rings. The second-order valence-electron chi connectivity index (χ2n) is 3.42. The van der Waals surface area contributed by atoms with Gasteiger partial charge in [0, 0.05) is 7.05 Å². The van der Waals surface area contributed by atoms with Gasteiger partial charge >= 0.3 is 5.97 Å². The Labute approximate surface area is 83.9 Å². The molecular weight excluding hydrogens is 184 g/mol. The van der Waals surface area contributed by atoms with E-state index in [0.717, 1.165) is 4.90 Å². The third kappa shape index (κ3) is 2.99. The fourth-order valence-corrected chi connectivity index (χ4v) is 1.21. The Hall–Kier alpha value is -1.10.